The summed E-state index contributed by atoms with van der Waals surface area (Å²) in [6.45, 7) is 1.06. The maximum atomic E-state index is 11.2. The molecule has 0 unspecified atom stereocenters. The Balaban J connectivity index is 0.000000370. The van der Waals surface area contributed by atoms with Gasteiger partial charge in [-0.25, -0.2) is 4.79 Å². The van der Waals surface area contributed by atoms with Crippen LogP contribution in [0.3, 0.4) is 0 Å². The highest BCUT2D eigenvalue weighted by atomic mass is 19.4. The van der Waals surface area contributed by atoms with Crippen LogP contribution in [-0.4, -0.2) is 34.8 Å². The van der Waals surface area contributed by atoms with Crippen molar-refractivity contribution in [3.8, 4) is 0 Å². The monoisotopic (exact) mass is 293 g/mol. The highest BCUT2D eigenvalue weighted by molar-refractivity contribution is 5.75. The van der Waals surface area contributed by atoms with E-state index in [2.05, 4.69) is 9.72 Å². The lowest BCUT2D eigenvalue weighted by molar-refractivity contribution is -0.199. The highest BCUT2D eigenvalue weighted by Gasteiger charge is 2.40. The summed E-state index contributed by atoms with van der Waals surface area (Å²) in [7, 11) is 0. The zero-order chi connectivity index (χ0) is 15.6. The van der Waals surface area contributed by atoms with E-state index >= 15 is 0 Å². The molecule has 5 nitrogen and oxygen atoms in total. The fraction of sp³-hybridized carbons (Fsp3) is 0.417. The number of carbonyl (C=O) groups excluding carboxylic acids is 1. The number of aromatic nitrogens is 1. The van der Waals surface area contributed by atoms with Gasteiger partial charge in [-0.1, -0.05) is 6.07 Å². The van der Waals surface area contributed by atoms with Gasteiger partial charge in [-0.15, -0.1) is 0 Å². The standard InChI is InChI=1S/C8H9NO2.C4H5F3O2/c10-8(11)4-3-7-2-1-5-9-6-7;1-2-9-3(8)4(5,6)7/h1-2,5-6H,3-4H2,(H,10,11);2H2,1H3. The molecule has 0 atom stereocenters. The first-order valence-corrected chi connectivity index (χ1v) is 5.62. The number of ether oxygens (including phenoxy) is 1. The summed E-state index contributed by atoms with van der Waals surface area (Å²) in [6.07, 6.45) is -0.766. The predicted molar refractivity (Wildman–Crippen MR) is 62.9 cm³/mol. The zero-order valence-corrected chi connectivity index (χ0v) is 10.7. The lowest BCUT2D eigenvalue weighted by Gasteiger charge is -2.02. The summed E-state index contributed by atoms with van der Waals surface area (Å²) in [4.78, 5) is 23.7. The largest absolute Gasteiger partial charge is 0.490 e. The molecule has 1 aromatic rings. The lowest BCUT2D eigenvalue weighted by Crippen LogP contribution is -2.25. The second-order valence-electron chi connectivity index (χ2n) is 3.47. The van der Waals surface area contributed by atoms with Crippen molar-refractivity contribution < 1.29 is 32.6 Å². The van der Waals surface area contributed by atoms with Gasteiger partial charge in [-0.05, 0) is 25.0 Å². The molecule has 0 bridgehead atoms. The van der Waals surface area contributed by atoms with Crippen molar-refractivity contribution in [3.63, 3.8) is 0 Å². The average molecular weight is 293 g/mol. The van der Waals surface area contributed by atoms with Crippen LogP contribution in [0.4, 0.5) is 13.2 Å². The van der Waals surface area contributed by atoms with Gasteiger partial charge in [-0.2, -0.15) is 13.2 Å². The molecule has 0 fully saturated rings. The quantitative estimate of drug-likeness (QED) is 0.861. The van der Waals surface area contributed by atoms with E-state index in [4.69, 9.17) is 5.11 Å². The molecule has 0 aliphatic carbocycles. The van der Waals surface area contributed by atoms with Crippen LogP contribution in [0.1, 0.15) is 18.9 Å². The van der Waals surface area contributed by atoms with Crippen molar-refractivity contribution in [2.45, 2.75) is 25.9 Å². The first-order chi connectivity index (χ1) is 9.27. The van der Waals surface area contributed by atoms with Gasteiger partial charge in [0.15, 0.2) is 0 Å². The summed E-state index contributed by atoms with van der Waals surface area (Å²) >= 11 is 0. The summed E-state index contributed by atoms with van der Waals surface area (Å²) in [5, 5.41) is 8.35. The first-order valence-electron chi connectivity index (χ1n) is 5.62. The van der Waals surface area contributed by atoms with Gasteiger partial charge >= 0.3 is 18.1 Å². The SMILES string of the molecule is CCOC(=O)C(F)(F)F.O=C(O)CCc1cccnc1. The molecular formula is C12H14F3NO4. The van der Waals surface area contributed by atoms with Gasteiger partial charge in [-0.3, -0.25) is 9.78 Å². The van der Waals surface area contributed by atoms with E-state index in [1.165, 1.54) is 6.92 Å². The van der Waals surface area contributed by atoms with Crippen molar-refractivity contribution in [1.29, 1.82) is 0 Å². The number of halogens is 3. The lowest BCUT2D eigenvalue weighted by atomic mass is 10.2. The van der Waals surface area contributed by atoms with Gasteiger partial charge in [0.25, 0.3) is 0 Å². The first kappa shape index (κ1) is 17.9. The number of aryl methyl sites for hydroxylation is 1. The average Bonchev–Trinajstić information content (AvgIpc) is 2.37. The minimum atomic E-state index is -4.85. The number of carboxylic acid groups (broad SMARTS) is 1. The van der Waals surface area contributed by atoms with E-state index in [-0.39, 0.29) is 13.0 Å². The Morgan fingerprint density at radius 3 is 2.40 bits per heavy atom. The number of carbonyl (C=O) groups is 2. The number of carboxylic acids is 1. The van der Waals surface area contributed by atoms with E-state index in [1.54, 1.807) is 18.5 Å². The minimum absolute atomic E-state index is 0.172. The predicted octanol–water partition coefficient (Wildman–Crippen LogP) is 2.21. The molecule has 1 aromatic heterocycles. The Morgan fingerprint density at radius 1 is 1.40 bits per heavy atom. The number of alkyl halides is 3. The fourth-order valence-corrected chi connectivity index (χ4v) is 1.01. The molecule has 20 heavy (non-hydrogen) atoms. The summed E-state index contributed by atoms with van der Waals surface area (Å²) in [6, 6.07) is 3.67. The van der Waals surface area contributed by atoms with E-state index in [1.807, 2.05) is 6.07 Å². The van der Waals surface area contributed by atoms with Crippen LogP contribution in [0, 0.1) is 0 Å². The number of aliphatic carboxylic acids is 1. The molecule has 0 spiro atoms. The summed E-state index contributed by atoms with van der Waals surface area (Å²) in [5.41, 5.74) is 0.968. The van der Waals surface area contributed by atoms with Crippen LogP contribution in [0.15, 0.2) is 24.5 Å². The fourth-order valence-electron chi connectivity index (χ4n) is 1.01. The zero-order valence-electron chi connectivity index (χ0n) is 10.7. The van der Waals surface area contributed by atoms with Crippen LogP contribution >= 0.6 is 0 Å². The van der Waals surface area contributed by atoms with E-state index < -0.39 is 18.1 Å². The Kier molecular flexibility index (Phi) is 7.95. The van der Waals surface area contributed by atoms with Crippen molar-refractivity contribution >= 4 is 11.9 Å². The maximum Gasteiger partial charge on any atom is 0.490 e. The summed E-state index contributed by atoms with van der Waals surface area (Å²) in [5.74, 6) is -2.90. The smallest absolute Gasteiger partial charge is 0.481 e. The van der Waals surface area contributed by atoms with Crippen molar-refractivity contribution in [1.82, 2.24) is 4.98 Å². The van der Waals surface area contributed by atoms with E-state index in [9.17, 15) is 22.8 Å². The number of hydrogen-bond acceptors (Lipinski definition) is 4. The molecule has 8 heteroatoms. The van der Waals surface area contributed by atoms with Crippen molar-refractivity contribution in [3.05, 3.63) is 30.1 Å². The molecule has 0 saturated carbocycles. The van der Waals surface area contributed by atoms with Crippen LogP contribution in [0.5, 0.6) is 0 Å². The Morgan fingerprint density at radius 2 is 2.05 bits per heavy atom. The van der Waals surface area contributed by atoms with Crippen molar-refractivity contribution in [2.24, 2.45) is 0 Å². The highest BCUT2D eigenvalue weighted by Crippen LogP contribution is 2.15. The Hall–Kier alpha value is -2.12. The molecule has 1 N–H and O–H groups in total. The molecule has 0 aromatic carbocycles. The molecule has 0 saturated heterocycles. The van der Waals surface area contributed by atoms with Crippen LogP contribution < -0.4 is 0 Å². The molecule has 1 heterocycles. The second kappa shape index (κ2) is 8.89. The van der Waals surface area contributed by atoms with Crippen LogP contribution in [0.2, 0.25) is 0 Å². The number of rotatable bonds is 4. The van der Waals surface area contributed by atoms with Gasteiger partial charge in [0.1, 0.15) is 0 Å². The number of pyridine rings is 1. The number of esters is 1. The normalized spacial score (nSPS) is 10.2. The van der Waals surface area contributed by atoms with Gasteiger partial charge in [0, 0.05) is 18.8 Å². The van der Waals surface area contributed by atoms with E-state index in [0.717, 1.165) is 5.56 Å². The van der Waals surface area contributed by atoms with Gasteiger partial charge < -0.3 is 9.84 Å². The molecule has 0 amide bonds. The molecule has 0 aliphatic rings. The molecule has 1 rings (SSSR count). The summed E-state index contributed by atoms with van der Waals surface area (Å²) < 4.78 is 37.1. The van der Waals surface area contributed by atoms with Crippen molar-refractivity contribution in [2.75, 3.05) is 6.61 Å². The number of nitrogens with zero attached hydrogens (tertiary/aromatic N) is 1. The van der Waals surface area contributed by atoms with Gasteiger partial charge in [0.05, 0.1) is 6.61 Å². The second-order valence-corrected chi connectivity index (χ2v) is 3.47. The molecule has 0 radical (unpaired) electrons. The van der Waals surface area contributed by atoms with Crippen LogP contribution in [-0.2, 0) is 20.7 Å². The number of hydrogen-bond donors (Lipinski definition) is 1. The maximum absolute atomic E-state index is 11.2. The third kappa shape index (κ3) is 8.90. The molecular weight excluding hydrogens is 279 g/mol. The van der Waals surface area contributed by atoms with E-state index in [0.29, 0.717) is 6.42 Å². The Bertz CT molecular complexity index is 420. The Labute approximate surface area is 113 Å². The molecule has 0 aliphatic heterocycles. The van der Waals surface area contributed by atoms with Gasteiger partial charge in [0.2, 0.25) is 0 Å². The minimum Gasteiger partial charge on any atom is -0.481 e. The third-order valence-corrected chi connectivity index (χ3v) is 1.86. The topological polar surface area (TPSA) is 76.5 Å². The third-order valence-electron chi connectivity index (χ3n) is 1.86. The van der Waals surface area contributed by atoms with Crippen LogP contribution in [0.25, 0.3) is 0 Å². The molecule has 112 valence electrons.